The van der Waals surface area contributed by atoms with Crippen LogP contribution in [0.2, 0.25) is 0 Å². The molecule has 1 fully saturated rings. The van der Waals surface area contributed by atoms with Gasteiger partial charge in [-0.1, -0.05) is 18.6 Å². The standard InChI is InChI=1S/C23H22N2O4/c26-22(15-4-1-5-15)24-18-7-2-6-16(12-18)21-13-17-14-25(10-9-19(17)29-21)23(27)20-8-3-11-28-20/h2-3,6-8,11-13,15H,1,4-5,9-10,14H2,(H,24,26). The highest BCUT2D eigenvalue weighted by Gasteiger charge is 2.27. The molecule has 2 aliphatic rings. The van der Waals surface area contributed by atoms with Crippen LogP contribution in [0.15, 0.2) is 57.6 Å². The summed E-state index contributed by atoms with van der Waals surface area (Å²) in [5.41, 5.74) is 2.70. The molecule has 0 unspecified atom stereocenters. The zero-order valence-corrected chi connectivity index (χ0v) is 16.0. The van der Waals surface area contributed by atoms with Crippen LogP contribution in [0.25, 0.3) is 11.3 Å². The summed E-state index contributed by atoms with van der Waals surface area (Å²) >= 11 is 0. The Kier molecular flexibility index (Phi) is 4.46. The largest absolute Gasteiger partial charge is 0.461 e. The van der Waals surface area contributed by atoms with Gasteiger partial charge in [-0.25, -0.2) is 0 Å². The van der Waals surface area contributed by atoms with E-state index in [0.29, 0.717) is 25.3 Å². The Morgan fingerprint density at radius 2 is 2.00 bits per heavy atom. The molecule has 29 heavy (non-hydrogen) atoms. The molecule has 6 nitrogen and oxygen atoms in total. The van der Waals surface area contributed by atoms with Gasteiger partial charge in [0.05, 0.1) is 6.26 Å². The van der Waals surface area contributed by atoms with Crippen LogP contribution in [0.4, 0.5) is 5.69 Å². The van der Waals surface area contributed by atoms with E-state index < -0.39 is 0 Å². The molecule has 0 saturated heterocycles. The Hall–Kier alpha value is -3.28. The molecule has 1 aliphatic heterocycles. The minimum absolute atomic E-state index is 0.0965. The van der Waals surface area contributed by atoms with Crippen LogP contribution < -0.4 is 5.32 Å². The van der Waals surface area contributed by atoms with Gasteiger partial charge in [0.25, 0.3) is 5.91 Å². The molecule has 0 atom stereocenters. The van der Waals surface area contributed by atoms with Crippen molar-refractivity contribution in [2.24, 2.45) is 5.92 Å². The first-order chi connectivity index (χ1) is 14.2. The number of nitrogens with one attached hydrogen (secondary N) is 1. The summed E-state index contributed by atoms with van der Waals surface area (Å²) in [6.07, 6.45) is 5.26. The molecule has 2 aromatic heterocycles. The van der Waals surface area contributed by atoms with Gasteiger partial charge in [-0.15, -0.1) is 0 Å². The second-order valence-corrected chi connectivity index (χ2v) is 7.71. The maximum Gasteiger partial charge on any atom is 0.289 e. The highest BCUT2D eigenvalue weighted by Crippen LogP contribution is 2.32. The van der Waals surface area contributed by atoms with Crippen molar-refractivity contribution in [3.05, 3.63) is 65.8 Å². The van der Waals surface area contributed by atoms with Gasteiger partial charge in [-0.3, -0.25) is 9.59 Å². The van der Waals surface area contributed by atoms with E-state index in [1.54, 1.807) is 17.0 Å². The lowest BCUT2D eigenvalue weighted by Gasteiger charge is -2.25. The summed E-state index contributed by atoms with van der Waals surface area (Å²) in [6, 6.07) is 13.1. The maximum absolute atomic E-state index is 12.5. The Bertz CT molecular complexity index is 1050. The number of fused-ring (bicyclic) bond motifs is 1. The predicted molar refractivity (Wildman–Crippen MR) is 107 cm³/mol. The van der Waals surface area contributed by atoms with Gasteiger partial charge in [0.1, 0.15) is 11.5 Å². The van der Waals surface area contributed by atoms with E-state index in [4.69, 9.17) is 8.83 Å². The minimum atomic E-state index is -0.107. The first kappa shape index (κ1) is 17.8. The molecular formula is C23H22N2O4. The average Bonchev–Trinajstić information content (AvgIpc) is 3.35. The quantitative estimate of drug-likeness (QED) is 0.713. The molecule has 3 aromatic rings. The summed E-state index contributed by atoms with van der Waals surface area (Å²) in [4.78, 5) is 26.5. The van der Waals surface area contributed by atoms with Crippen molar-refractivity contribution in [2.45, 2.75) is 32.2 Å². The smallest absolute Gasteiger partial charge is 0.289 e. The van der Waals surface area contributed by atoms with Gasteiger partial charge in [0.2, 0.25) is 5.91 Å². The van der Waals surface area contributed by atoms with E-state index >= 15 is 0 Å². The Morgan fingerprint density at radius 1 is 1.10 bits per heavy atom. The fourth-order valence-corrected chi connectivity index (χ4v) is 3.87. The monoisotopic (exact) mass is 390 g/mol. The van der Waals surface area contributed by atoms with Crippen LogP contribution in [-0.4, -0.2) is 23.3 Å². The van der Waals surface area contributed by atoms with Gasteiger partial charge in [-0.2, -0.15) is 0 Å². The zero-order chi connectivity index (χ0) is 19.8. The number of hydrogen-bond acceptors (Lipinski definition) is 4. The normalized spacial score (nSPS) is 16.2. The second kappa shape index (κ2) is 7.28. The van der Waals surface area contributed by atoms with E-state index in [2.05, 4.69) is 5.32 Å². The summed E-state index contributed by atoms with van der Waals surface area (Å²) in [5, 5.41) is 3.01. The number of anilines is 1. The Morgan fingerprint density at radius 3 is 2.76 bits per heavy atom. The summed E-state index contributed by atoms with van der Waals surface area (Å²) in [5.74, 6) is 2.15. The number of nitrogens with zero attached hydrogens (tertiary/aromatic N) is 1. The van der Waals surface area contributed by atoms with Gasteiger partial charge >= 0.3 is 0 Å². The van der Waals surface area contributed by atoms with Crippen molar-refractivity contribution in [3.63, 3.8) is 0 Å². The molecule has 3 heterocycles. The molecule has 148 valence electrons. The summed E-state index contributed by atoms with van der Waals surface area (Å²) in [6.45, 7) is 1.09. The number of carbonyl (C=O) groups is 2. The molecular weight excluding hydrogens is 368 g/mol. The van der Waals surface area contributed by atoms with Gasteiger partial charge in [0, 0.05) is 42.2 Å². The van der Waals surface area contributed by atoms with E-state index in [1.165, 1.54) is 6.26 Å². The Labute approximate surface area is 168 Å². The number of amides is 2. The molecule has 1 saturated carbocycles. The van der Waals surface area contributed by atoms with Crippen molar-refractivity contribution in [3.8, 4) is 11.3 Å². The number of furan rings is 2. The van der Waals surface area contributed by atoms with Crippen LogP contribution in [-0.2, 0) is 17.8 Å². The first-order valence-electron chi connectivity index (χ1n) is 10.0. The van der Waals surface area contributed by atoms with Crippen molar-refractivity contribution in [1.82, 2.24) is 4.90 Å². The van der Waals surface area contributed by atoms with Gasteiger partial charge < -0.3 is 19.1 Å². The SMILES string of the molecule is O=C(Nc1cccc(-c2cc3c(o2)CCN(C(=O)c2ccco2)C3)c1)C1CCC1. The third-order valence-corrected chi connectivity index (χ3v) is 5.78. The van der Waals surface area contributed by atoms with Crippen molar-refractivity contribution in [2.75, 3.05) is 11.9 Å². The van der Waals surface area contributed by atoms with Crippen molar-refractivity contribution >= 4 is 17.5 Å². The van der Waals surface area contributed by atoms with Crippen LogP contribution >= 0.6 is 0 Å². The fourth-order valence-electron chi connectivity index (χ4n) is 3.87. The maximum atomic E-state index is 12.5. The second-order valence-electron chi connectivity index (χ2n) is 7.71. The van der Waals surface area contributed by atoms with E-state index in [-0.39, 0.29) is 17.7 Å². The molecule has 2 amide bonds. The third kappa shape index (κ3) is 3.46. The van der Waals surface area contributed by atoms with Crippen LogP contribution in [0.3, 0.4) is 0 Å². The van der Waals surface area contributed by atoms with E-state index in [1.807, 2.05) is 30.3 Å². The lowest BCUT2D eigenvalue weighted by atomic mass is 9.85. The molecule has 0 bridgehead atoms. The van der Waals surface area contributed by atoms with Crippen molar-refractivity contribution < 1.29 is 18.4 Å². The summed E-state index contributed by atoms with van der Waals surface area (Å²) < 4.78 is 11.3. The zero-order valence-electron chi connectivity index (χ0n) is 16.0. The van der Waals surface area contributed by atoms with E-state index in [9.17, 15) is 9.59 Å². The highest BCUT2D eigenvalue weighted by atomic mass is 16.3. The molecule has 6 heteroatoms. The number of rotatable bonds is 4. The minimum Gasteiger partial charge on any atom is -0.461 e. The molecule has 1 aromatic carbocycles. The van der Waals surface area contributed by atoms with Gasteiger partial charge in [0.15, 0.2) is 5.76 Å². The van der Waals surface area contributed by atoms with E-state index in [0.717, 1.165) is 47.6 Å². The molecule has 0 spiro atoms. The molecule has 0 radical (unpaired) electrons. The van der Waals surface area contributed by atoms with Crippen molar-refractivity contribution in [1.29, 1.82) is 0 Å². The molecule has 5 rings (SSSR count). The van der Waals surface area contributed by atoms with Crippen LogP contribution in [0.1, 0.15) is 41.1 Å². The van der Waals surface area contributed by atoms with Crippen LogP contribution in [0, 0.1) is 5.92 Å². The lowest BCUT2D eigenvalue weighted by molar-refractivity contribution is -0.122. The lowest BCUT2D eigenvalue weighted by Crippen LogP contribution is -2.35. The highest BCUT2D eigenvalue weighted by molar-refractivity contribution is 5.93. The first-order valence-corrected chi connectivity index (χ1v) is 10.0. The third-order valence-electron chi connectivity index (χ3n) is 5.78. The van der Waals surface area contributed by atoms with Crippen LogP contribution in [0.5, 0.6) is 0 Å². The predicted octanol–water partition coefficient (Wildman–Crippen LogP) is 4.48. The average molecular weight is 390 g/mol. The number of benzene rings is 1. The molecule has 1 N–H and O–H groups in total. The topological polar surface area (TPSA) is 75.7 Å². The number of carbonyl (C=O) groups excluding carboxylic acids is 2. The number of hydrogen-bond donors (Lipinski definition) is 1. The van der Waals surface area contributed by atoms with Gasteiger partial charge in [-0.05, 0) is 43.2 Å². The summed E-state index contributed by atoms with van der Waals surface area (Å²) in [7, 11) is 0. The Balaban J connectivity index is 1.33. The fraction of sp³-hybridized carbons (Fsp3) is 0.304. The molecule has 1 aliphatic carbocycles.